The van der Waals surface area contributed by atoms with Crippen molar-refractivity contribution in [1.29, 1.82) is 0 Å². The van der Waals surface area contributed by atoms with Gasteiger partial charge in [0.05, 0.1) is 17.5 Å². The average Bonchev–Trinajstić information content (AvgIpc) is 2.89. The fourth-order valence-corrected chi connectivity index (χ4v) is 2.28. The summed E-state index contributed by atoms with van der Waals surface area (Å²) >= 11 is 5.76. The number of aromatic nitrogens is 1. The Balaban J connectivity index is 1.91. The van der Waals surface area contributed by atoms with Crippen LogP contribution in [-0.2, 0) is 9.59 Å². The molecule has 1 aromatic rings. The maximum Gasteiger partial charge on any atom is 0.308 e. The smallest absolute Gasteiger partial charge is 0.308 e. The Hall–Kier alpha value is -1.82. The summed E-state index contributed by atoms with van der Waals surface area (Å²) in [6.45, 7) is 0.953. The Labute approximate surface area is 122 Å². The van der Waals surface area contributed by atoms with E-state index in [1.165, 1.54) is 6.20 Å². The molecule has 1 unspecified atom stereocenters. The van der Waals surface area contributed by atoms with Crippen molar-refractivity contribution >= 4 is 29.3 Å². The van der Waals surface area contributed by atoms with Crippen molar-refractivity contribution in [2.75, 3.05) is 31.6 Å². The molecule has 1 aromatic heterocycles. The minimum absolute atomic E-state index is 0.0898. The number of carbonyl (C=O) groups is 2. The number of hydrogen-bond acceptors (Lipinski definition) is 4. The second kappa shape index (κ2) is 6.09. The minimum Gasteiger partial charge on any atom is -0.481 e. The molecule has 20 heavy (non-hydrogen) atoms. The lowest BCUT2D eigenvalue weighted by Gasteiger charge is -2.22. The summed E-state index contributed by atoms with van der Waals surface area (Å²) in [7, 11) is 1.76. The van der Waals surface area contributed by atoms with E-state index in [9.17, 15) is 9.59 Å². The third-order valence-electron chi connectivity index (χ3n) is 3.37. The molecule has 108 valence electrons. The Morgan fingerprint density at radius 3 is 2.85 bits per heavy atom. The van der Waals surface area contributed by atoms with E-state index in [1.54, 1.807) is 29.0 Å². The Morgan fingerprint density at radius 1 is 1.55 bits per heavy atom. The van der Waals surface area contributed by atoms with Gasteiger partial charge in [-0.2, -0.15) is 0 Å². The van der Waals surface area contributed by atoms with Gasteiger partial charge in [0.2, 0.25) is 5.91 Å². The molecule has 1 N–H and O–H groups in total. The van der Waals surface area contributed by atoms with E-state index >= 15 is 0 Å². The molecule has 0 radical (unpaired) electrons. The number of anilines is 1. The number of pyridine rings is 1. The second-order valence-electron chi connectivity index (χ2n) is 4.85. The third-order valence-corrected chi connectivity index (χ3v) is 3.59. The molecule has 0 aliphatic carbocycles. The fourth-order valence-electron chi connectivity index (χ4n) is 2.17. The number of carbonyl (C=O) groups excluding carboxylic acids is 1. The number of likely N-dealkylation sites (tertiary alicyclic amines) is 1. The SMILES string of the molecule is CN(CC(=O)N1CCC(C(=O)O)C1)c1ccc(Cl)cn1. The number of likely N-dealkylation sites (N-methyl/N-ethyl adjacent to an activating group) is 1. The van der Waals surface area contributed by atoms with E-state index in [1.807, 2.05) is 0 Å². The molecule has 2 heterocycles. The van der Waals surface area contributed by atoms with Crippen LogP contribution in [0.4, 0.5) is 5.82 Å². The van der Waals surface area contributed by atoms with Crippen molar-refractivity contribution in [2.45, 2.75) is 6.42 Å². The van der Waals surface area contributed by atoms with Gasteiger partial charge in [0.1, 0.15) is 5.82 Å². The molecular formula is C13H16ClN3O3. The molecule has 1 atom stereocenters. The van der Waals surface area contributed by atoms with Crippen molar-refractivity contribution in [2.24, 2.45) is 5.92 Å². The zero-order valence-corrected chi connectivity index (χ0v) is 11.9. The van der Waals surface area contributed by atoms with Crippen molar-refractivity contribution in [3.05, 3.63) is 23.4 Å². The summed E-state index contributed by atoms with van der Waals surface area (Å²) in [5.74, 6) is -0.726. The van der Waals surface area contributed by atoms with Crippen LogP contribution in [0.2, 0.25) is 5.02 Å². The largest absolute Gasteiger partial charge is 0.481 e. The zero-order chi connectivity index (χ0) is 14.7. The van der Waals surface area contributed by atoms with E-state index in [0.29, 0.717) is 23.8 Å². The lowest BCUT2D eigenvalue weighted by atomic mass is 10.1. The number of amides is 1. The summed E-state index contributed by atoms with van der Waals surface area (Å²) in [6.07, 6.45) is 2.04. The van der Waals surface area contributed by atoms with E-state index in [0.717, 1.165) is 0 Å². The van der Waals surface area contributed by atoms with Crippen LogP contribution in [0.25, 0.3) is 0 Å². The van der Waals surface area contributed by atoms with Crippen LogP contribution >= 0.6 is 11.6 Å². The zero-order valence-electron chi connectivity index (χ0n) is 11.1. The molecule has 2 rings (SSSR count). The molecule has 0 saturated carbocycles. The van der Waals surface area contributed by atoms with Gasteiger partial charge in [-0.25, -0.2) is 4.98 Å². The van der Waals surface area contributed by atoms with Gasteiger partial charge in [-0.15, -0.1) is 0 Å². The van der Waals surface area contributed by atoms with Crippen LogP contribution in [0.1, 0.15) is 6.42 Å². The first-order valence-electron chi connectivity index (χ1n) is 6.30. The highest BCUT2D eigenvalue weighted by Crippen LogP contribution is 2.17. The molecule has 0 spiro atoms. The monoisotopic (exact) mass is 297 g/mol. The van der Waals surface area contributed by atoms with Gasteiger partial charge < -0.3 is 14.9 Å². The van der Waals surface area contributed by atoms with Gasteiger partial charge in [0, 0.05) is 26.3 Å². The molecule has 1 amide bonds. The van der Waals surface area contributed by atoms with Crippen molar-refractivity contribution in [3.8, 4) is 0 Å². The number of rotatable bonds is 4. The van der Waals surface area contributed by atoms with Crippen LogP contribution in [-0.4, -0.2) is 53.5 Å². The summed E-state index contributed by atoms with van der Waals surface area (Å²) < 4.78 is 0. The number of aliphatic carboxylic acids is 1. The van der Waals surface area contributed by atoms with E-state index in [4.69, 9.17) is 16.7 Å². The average molecular weight is 298 g/mol. The first-order chi connectivity index (χ1) is 9.47. The highest BCUT2D eigenvalue weighted by Gasteiger charge is 2.31. The van der Waals surface area contributed by atoms with Crippen molar-refractivity contribution < 1.29 is 14.7 Å². The highest BCUT2D eigenvalue weighted by molar-refractivity contribution is 6.30. The fraction of sp³-hybridized carbons (Fsp3) is 0.462. The number of nitrogens with zero attached hydrogens (tertiary/aromatic N) is 3. The molecule has 1 aliphatic heterocycles. The van der Waals surface area contributed by atoms with Crippen LogP contribution in [0.3, 0.4) is 0 Å². The normalized spacial score (nSPS) is 18.1. The Bertz CT molecular complexity index is 506. The molecule has 0 bridgehead atoms. The maximum atomic E-state index is 12.1. The molecule has 6 nitrogen and oxygen atoms in total. The first kappa shape index (κ1) is 14.6. The maximum absolute atomic E-state index is 12.1. The number of hydrogen-bond donors (Lipinski definition) is 1. The molecule has 7 heteroatoms. The van der Waals surface area contributed by atoms with Gasteiger partial charge in [-0.3, -0.25) is 9.59 Å². The summed E-state index contributed by atoms with van der Waals surface area (Å²) in [5, 5.41) is 9.47. The lowest BCUT2D eigenvalue weighted by Crippen LogP contribution is -2.38. The topological polar surface area (TPSA) is 73.7 Å². The van der Waals surface area contributed by atoms with Crippen LogP contribution in [0.15, 0.2) is 18.3 Å². The van der Waals surface area contributed by atoms with Crippen LogP contribution in [0, 0.1) is 5.92 Å². The Morgan fingerprint density at radius 2 is 2.30 bits per heavy atom. The Kier molecular flexibility index (Phi) is 4.44. The van der Waals surface area contributed by atoms with Gasteiger partial charge in [0.25, 0.3) is 0 Å². The molecule has 0 aromatic carbocycles. The summed E-state index contributed by atoms with van der Waals surface area (Å²) in [5.41, 5.74) is 0. The van der Waals surface area contributed by atoms with Crippen LogP contribution < -0.4 is 4.90 Å². The summed E-state index contributed by atoms with van der Waals surface area (Å²) in [4.78, 5) is 30.4. The van der Waals surface area contributed by atoms with Gasteiger partial charge in [-0.1, -0.05) is 11.6 Å². The predicted molar refractivity (Wildman–Crippen MR) is 74.8 cm³/mol. The molecule has 1 fully saturated rings. The molecule has 1 saturated heterocycles. The minimum atomic E-state index is -0.840. The van der Waals surface area contributed by atoms with E-state index in [2.05, 4.69) is 4.98 Å². The number of carboxylic acids is 1. The van der Waals surface area contributed by atoms with Gasteiger partial charge >= 0.3 is 5.97 Å². The van der Waals surface area contributed by atoms with Gasteiger partial charge in [-0.05, 0) is 18.6 Å². The third kappa shape index (κ3) is 3.39. The van der Waals surface area contributed by atoms with Gasteiger partial charge in [0.15, 0.2) is 0 Å². The van der Waals surface area contributed by atoms with Crippen molar-refractivity contribution in [3.63, 3.8) is 0 Å². The quantitative estimate of drug-likeness (QED) is 0.901. The predicted octanol–water partition coefficient (Wildman–Crippen LogP) is 1.10. The lowest BCUT2D eigenvalue weighted by molar-refractivity contribution is -0.141. The summed E-state index contributed by atoms with van der Waals surface area (Å²) in [6, 6.07) is 3.45. The number of carboxylic acid groups (broad SMARTS) is 1. The molecular weight excluding hydrogens is 282 g/mol. The van der Waals surface area contributed by atoms with Crippen LogP contribution in [0.5, 0.6) is 0 Å². The standard InChI is InChI=1S/C13H16ClN3O3/c1-16(11-3-2-10(14)6-15-11)8-12(18)17-5-4-9(7-17)13(19)20/h2-3,6,9H,4-5,7-8H2,1H3,(H,19,20). The van der Waals surface area contributed by atoms with E-state index < -0.39 is 11.9 Å². The first-order valence-corrected chi connectivity index (χ1v) is 6.68. The van der Waals surface area contributed by atoms with Crippen molar-refractivity contribution in [1.82, 2.24) is 9.88 Å². The highest BCUT2D eigenvalue weighted by atomic mass is 35.5. The second-order valence-corrected chi connectivity index (χ2v) is 5.29. The van der Waals surface area contributed by atoms with E-state index in [-0.39, 0.29) is 19.0 Å². The molecule has 1 aliphatic rings. The number of halogens is 1.